The first-order chi connectivity index (χ1) is 13.3. The fourth-order valence-corrected chi connectivity index (χ4v) is 4.05. The van der Waals surface area contributed by atoms with E-state index in [1.807, 2.05) is 54.6 Å². The highest BCUT2D eigenvalue weighted by Crippen LogP contribution is 2.28. The van der Waals surface area contributed by atoms with Crippen molar-refractivity contribution in [1.82, 2.24) is 9.97 Å². The lowest BCUT2D eigenvalue weighted by Crippen LogP contribution is -2.31. The van der Waals surface area contributed by atoms with Gasteiger partial charge in [-0.1, -0.05) is 48.2 Å². The van der Waals surface area contributed by atoms with Crippen LogP contribution in [-0.2, 0) is 4.79 Å². The quantitative estimate of drug-likeness (QED) is 0.528. The maximum absolute atomic E-state index is 12.3. The lowest BCUT2D eigenvalue weighted by Gasteiger charge is -2.27. The molecule has 0 spiro atoms. The topological polar surface area (TPSA) is 58.1 Å². The SMILES string of the molecule is O=C(CSc1nc(N2CCCCC2)nc2ccccc12)Nc1ccccc1. The second-order valence-corrected chi connectivity index (χ2v) is 7.56. The Bertz CT molecular complexity index is 926. The smallest absolute Gasteiger partial charge is 0.234 e. The van der Waals surface area contributed by atoms with E-state index in [-0.39, 0.29) is 5.91 Å². The standard InChI is InChI=1S/C21H22N4OS/c26-19(22-16-9-3-1-4-10-16)15-27-20-17-11-5-6-12-18(17)23-21(24-20)25-13-7-2-8-14-25/h1,3-6,9-12H,2,7-8,13-15H2,(H,22,26). The largest absolute Gasteiger partial charge is 0.341 e. The van der Waals surface area contributed by atoms with Gasteiger partial charge in [0.15, 0.2) is 0 Å². The van der Waals surface area contributed by atoms with Crippen LogP contribution in [0.4, 0.5) is 11.6 Å². The Kier molecular flexibility index (Phi) is 5.53. The van der Waals surface area contributed by atoms with Crippen molar-refractivity contribution < 1.29 is 4.79 Å². The minimum absolute atomic E-state index is 0.0339. The third-order valence-electron chi connectivity index (χ3n) is 4.59. The van der Waals surface area contributed by atoms with Gasteiger partial charge in [0.05, 0.1) is 11.3 Å². The van der Waals surface area contributed by atoms with Gasteiger partial charge in [-0.15, -0.1) is 0 Å². The van der Waals surface area contributed by atoms with Crippen molar-refractivity contribution in [1.29, 1.82) is 0 Å². The van der Waals surface area contributed by atoms with Crippen LogP contribution in [0.15, 0.2) is 59.6 Å². The summed E-state index contributed by atoms with van der Waals surface area (Å²) in [6.45, 7) is 1.99. The zero-order valence-electron chi connectivity index (χ0n) is 15.1. The van der Waals surface area contributed by atoms with Gasteiger partial charge in [0, 0.05) is 24.2 Å². The van der Waals surface area contributed by atoms with Crippen molar-refractivity contribution in [3.63, 3.8) is 0 Å². The lowest BCUT2D eigenvalue weighted by molar-refractivity contribution is -0.113. The predicted octanol–water partition coefficient (Wildman–Crippen LogP) is 4.35. The summed E-state index contributed by atoms with van der Waals surface area (Å²) < 4.78 is 0. The third-order valence-corrected chi connectivity index (χ3v) is 5.58. The van der Waals surface area contributed by atoms with Crippen LogP contribution in [-0.4, -0.2) is 34.7 Å². The molecule has 5 nitrogen and oxygen atoms in total. The van der Waals surface area contributed by atoms with E-state index in [2.05, 4.69) is 10.2 Å². The molecule has 0 radical (unpaired) electrons. The molecule has 2 heterocycles. The Balaban J connectivity index is 1.53. The Morgan fingerprint density at radius 1 is 0.963 bits per heavy atom. The van der Waals surface area contributed by atoms with Gasteiger partial charge in [0.25, 0.3) is 0 Å². The van der Waals surface area contributed by atoms with E-state index in [1.165, 1.54) is 31.0 Å². The Labute approximate surface area is 163 Å². The summed E-state index contributed by atoms with van der Waals surface area (Å²) in [7, 11) is 0. The number of nitrogens with zero attached hydrogens (tertiary/aromatic N) is 3. The maximum atomic E-state index is 12.3. The first-order valence-corrected chi connectivity index (χ1v) is 10.3. The van der Waals surface area contributed by atoms with Crippen LogP contribution in [0.1, 0.15) is 19.3 Å². The molecule has 27 heavy (non-hydrogen) atoms. The van der Waals surface area contributed by atoms with Crippen molar-refractivity contribution in [3.8, 4) is 0 Å². The van der Waals surface area contributed by atoms with Crippen LogP contribution in [0.5, 0.6) is 0 Å². The van der Waals surface area contributed by atoms with Crippen LogP contribution < -0.4 is 10.2 Å². The minimum atomic E-state index is -0.0339. The summed E-state index contributed by atoms with van der Waals surface area (Å²) in [6, 6.07) is 17.5. The number of rotatable bonds is 5. The molecule has 1 N–H and O–H groups in total. The summed E-state index contributed by atoms with van der Waals surface area (Å²) in [5, 5.41) is 4.79. The predicted molar refractivity (Wildman–Crippen MR) is 111 cm³/mol. The molecule has 3 aromatic rings. The Hall–Kier alpha value is -2.60. The summed E-state index contributed by atoms with van der Waals surface area (Å²) >= 11 is 1.47. The molecular formula is C21H22N4OS. The van der Waals surface area contributed by atoms with Crippen LogP contribution in [0, 0.1) is 0 Å². The van der Waals surface area contributed by atoms with Gasteiger partial charge in [-0.3, -0.25) is 4.79 Å². The molecule has 4 rings (SSSR count). The third kappa shape index (κ3) is 4.39. The molecule has 0 saturated carbocycles. The average Bonchev–Trinajstić information content (AvgIpc) is 2.73. The van der Waals surface area contributed by atoms with Crippen molar-refractivity contribution >= 4 is 40.2 Å². The van der Waals surface area contributed by atoms with E-state index in [1.54, 1.807) is 0 Å². The zero-order valence-corrected chi connectivity index (χ0v) is 15.9. The number of para-hydroxylation sites is 2. The van der Waals surface area contributed by atoms with E-state index < -0.39 is 0 Å². The van der Waals surface area contributed by atoms with Gasteiger partial charge in [0.1, 0.15) is 5.03 Å². The van der Waals surface area contributed by atoms with Crippen LogP contribution in [0.2, 0.25) is 0 Å². The van der Waals surface area contributed by atoms with Gasteiger partial charge < -0.3 is 10.2 Å². The number of carbonyl (C=O) groups is 1. The van der Waals surface area contributed by atoms with Crippen molar-refractivity contribution in [2.45, 2.75) is 24.3 Å². The monoisotopic (exact) mass is 378 g/mol. The maximum Gasteiger partial charge on any atom is 0.234 e. The highest BCUT2D eigenvalue weighted by atomic mass is 32.2. The number of piperidine rings is 1. The van der Waals surface area contributed by atoms with Crippen LogP contribution >= 0.6 is 11.8 Å². The normalized spacial score (nSPS) is 14.3. The molecule has 0 unspecified atom stereocenters. The minimum Gasteiger partial charge on any atom is -0.341 e. The second-order valence-electron chi connectivity index (χ2n) is 6.60. The van der Waals surface area contributed by atoms with E-state index in [9.17, 15) is 4.79 Å². The van der Waals surface area contributed by atoms with Gasteiger partial charge in [-0.25, -0.2) is 9.97 Å². The molecule has 1 aliphatic rings. The van der Waals surface area contributed by atoms with Crippen molar-refractivity contribution in [2.24, 2.45) is 0 Å². The van der Waals surface area contributed by atoms with Gasteiger partial charge in [-0.05, 0) is 37.5 Å². The number of benzene rings is 2. The van der Waals surface area contributed by atoms with Crippen molar-refractivity contribution in [3.05, 3.63) is 54.6 Å². The van der Waals surface area contributed by atoms with Gasteiger partial charge in [0.2, 0.25) is 11.9 Å². The van der Waals surface area contributed by atoms with Crippen LogP contribution in [0.25, 0.3) is 10.9 Å². The van der Waals surface area contributed by atoms with E-state index in [0.29, 0.717) is 5.75 Å². The highest BCUT2D eigenvalue weighted by molar-refractivity contribution is 8.00. The summed E-state index contributed by atoms with van der Waals surface area (Å²) in [6.07, 6.45) is 3.63. The molecule has 1 aliphatic heterocycles. The number of nitrogens with one attached hydrogen (secondary N) is 1. The number of fused-ring (bicyclic) bond motifs is 1. The molecule has 0 bridgehead atoms. The first-order valence-electron chi connectivity index (χ1n) is 9.29. The number of hydrogen-bond acceptors (Lipinski definition) is 5. The number of thioether (sulfide) groups is 1. The van der Waals surface area contributed by atoms with E-state index in [0.717, 1.165) is 40.7 Å². The number of aromatic nitrogens is 2. The molecule has 0 atom stereocenters. The fourth-order valence-electron chi connectivity index (χ4n) is 3.23. The zero-order chi connectivity index (χ0) is 18.5. The molecule has 1 fully saturated rings. The first kappa shape index (κ1) is 17.8. The number of amides is 1. The van der Waals surface area contributed by atoms with Crippen LogP contribution in [0.3, 0.4) is 0 Å². The molecule has 2 aromatic carbocycles. The van der Waals surface area contributed by atoms with E-state index >= 15 is 0 Å². The molecular weight excluding hydrogens is 356 g/mol. The average molecular weight is 379 g/mol. The molecule has 1 amide bonds. The van der Waals surface area contributed by atoms with Gasteiger partial charge >= 0.3 is 0 Å². The lowest BCUT2D eigenvalue weighted by atomic mass is 10.1. The highest BCUT2D eigenvalue weighted by Gasteiger charge is 2.17. The number of anilines is 2. The fraction of sp³-hybridized carbons (Fsp3) is 0.286. The van der Waals surface area contributed by atoms with E-state index in [4.69, 9.17) is 9.97 Å². The summed E-state index contributed by atoms with van der Waals surface area (Å²) in [5.41, 5.74) is 1.74. The molecule has 1 aromatic heterocycles. The molecule has 0 aliphatic carbocycles. The molecule has 138 valence electrons. The van der Waals surface area contributed by atoms with Gasteiger partial charge in [-0.2, -0.15) is 0 Å². The summed E-state index contributed by atoms with van der Waals surface area (Å²) in [4.78, 5) is 24.1. The molecule has 6 heteroatoms. The summed E-state index contributed by atoms with van der Waals surface area (Å²) in [5.74, 6) is 1.06. The Morgan fingerprint density at radius 3 is 2.52 bits per heavy atom. The van der Waals surface area contributed by atoms with Crippen molar-refractivity contribution in [2.75, 3.05) is 29.1 Å². The molecule has 1 saturated heterocycles. The number of hydrogen-bond donors (Lipinski definition) is 1. The second kappa shape index (κ2) is 8.39. The number of carbonyl (C=O) groups excluding carboxylic acids is 1. The Morgan fingerprint density at radius 2 is 1.70 bits per heavy atom.